The second-order valence-corrected chi connectivity index (χ2v) is 9.68. The lowest BCUT2D eigenvalue weighted by Gasteiger charge is -2.26. The number of benzene rings is 2. The van der Waals surface area contributed by atoms with Gasteiger partial charge in [0, 0.05) is 19.3 Å². The minimum Gasteiger partial charge on any atom is -0.497 e. The molecule has 0 aliphatic carbocycles. The van der Waals surface area contributed by atoms with Crippen molar-refractivity contribution in [2.24, 2.45) is 4.99 Å². The van der Waals surface area contributed by atoms with Gasteiger partial charge in [-0.2, -0.15) is 0 Å². The molecule has 31 heavy (non-hydrogen) atoms. The highest BCUT2D eigenvalue weighted by atomic mass is 32.2. The first-order valence-electron chi connectivity index (χ1n) is 10.3. The molecule has 0 aliphatic rings. The molecule has 0 aromatic heterocycles. The Labute approximate surface area is 186 Å². The van der Waals surface area contributed by atoms with Crippen LogP contribution in [0.25, 0.3) is 0 Å². The summed E-state index contributed by atoms with van der Waals surface area (Å²) in [5, 5.41) is 6.69. The van der Waals surface area contributed by atoms with Crippen LogP contribution in [0, 0.1) is 6.92 Å². The van der Waals surface area contributed by atoms with Gasteiger partial charge in [-0.3, -0.25) is 0 Å². The zero-order valence-corrected chi connectivity index (χ0v) is 20.1. The first kappa shape index (κ1) is 24.7. The number of nitrogens with one attached hydrogen (secondary N) is 2. The van der Waals surface area contributed by atoms with Gasteiger partial charge in [-0.05, 0) is 62.8 Å². The molecule has 0 bridgehead atoms. The SMILES string of the molecule is CCNC(=NCc1ccc(S(C)(=O)=O)c(C)c1)NCC(c1ccc(OC)cc1)N(C)C. The van der Waals surface area contributed by atoms with Crippen molar-refractivity contribution >= 4 is 15.8 Å². The average Bonchev–Trinajstić information content (AvgIpc) is 2.71. The topological polar surface area (TPSA) is 83.0 Å². The number of sulfone groups is 1. The van der Waals surface area contributed by atoms with E-state index in [-0.39, 0.29) is 6.04 Å². The van der Waals surface area contributed by atoms with Crippen LogP contribution in [-0.2, 0) is 16.4 Å². The van der Waals surface area contributed by atoms with Gasteiger partial charge in [-0.15, -0.1) is 0 Å². The molecule has 0 radical (unpaired) electrons. The Balaban J connectivity index is 2.11. The number of hydrogen-bond donors (Lipinski definition) is 2. The second kappa shape index (κ2) is 11.2. The summed E-state index contributed by atoms with van der Waals surface area (Å²) in [6.07, 6.45) is 1.23. The van der Waals surface area contributed by atoms with Gasteiger partial charge in [-0.25, -0.2) is 13.4 Å². The number of nitrogens with zero attached hydrogens (tertiary/aromatic N) is 2. The molecule has 0 spiro atoms. The summed E-state index contributed by atoms with van der Waals surface area (Å²) >= 11 is 0. The first-order chi connectivity index (χ1) is 14.7. The molecule has 2 aromatic rings. The van der Waals surface area contributed by atoms with E-state index < -0.39 is 9.84 Å². The quantitative estimate of drug-likeness (QED) is 0.455. The maximum Gasteiger partial charge on any atom is 0.191 e. The van der Waals surface area contributed by atoms with Gasteiger partial charge in [0.15, 0.2) is 15.8 Å². The maximum absolute atomic E-state index is 11.8. The smallest absolute Gasteiger partial charge is 0.191 e. The summed E-state index contributed by atoms with van der Waals surface area (Å²) in [6, 6.07) is 13.6. The standard InChI is InChI=1S/C23H34N4O3S/c1-7-24-23(25-15-18-8-13-22(17(2)14-18)31(6,28)29)26-16-21(27(3)4)19-9-11-20(30-5)12-10-19/h8-14,21H,7,15-16H2,1-6H3,(H2,24,25,26). The van der Waals surface area contributed by atoms with Crippen molar-refractivity contribution in [2.75, 3.05) is 40.6 Å². The zero-order valence-electron chi connectivity index (χ0n) is 19.3. The highest BCUT2D eigenvalue weighted by Gasteiger charge is 2.15. The van der Waals surface area contributed by atoms with Crippen LogP contribution in [0.3, 0.4) is 0 Å². The summed E-state index contributed by atoms with van der Waals surface area (Å²) in [6.45, 7) is 5.71. The van der Waals surface area contributed by atoms with Gasteiger partial charge in [0.2, 0.25) is 0 Å². The number of likely N-dealkylation sites (N-methyl/N-ethyl adjacent to an activating group) is 1. The predicted molar refractivity (Wildman–Crippen MR) is 127 cm³/mol. The summed E-state index contributed by atoms with van der Waals surface area (Å²) in [7, 11) is 2.54. The number of aliphatic imine (C=N–C) groups is 1. The fourth-order valence-corrected chi connectivity index (χ4v) is 4.31. The lowest BCUT2D eigenvalue weighted by molar-refractivity contribution is 0.298. The molecular formula is C23H34N4O3S. The van der Waals surface area contributed by atoms with Crippen molar-refractivity contribution in [3.8, 4) is 5.75 Å². The third-order valence-corrected chi connectivity index (χ3v) is 6.25. The Morgan fingerprint density at radius 2 is 1.81 bits per heavy atom. The molecule has 170 valence electrons. The van der Waals surface area contributed by atoms with Gasteiger partial charge in [-0.1, -0.05) is 24.3 Å². The molecule has 0 saturated carbocycles. The van der Waals surface area contributed by atoms with Gasteiger partial charge < -0.3 is 20.3 Å². The fourth-order valence-electron chi connectivity index (χ4n) is 3.36. The van der Waals surface area contributed by atoms with Crippen molar-refractivity contribution in [2.45, 2.75) is 31.3 Å². The highest BCUT2D eigenvalue weighted by Crippen LogP contribution is 2.21. The van der Waals surface area contributed by atoms with E-state index in [9.17, 15) is 8.42 Å². The van der Waals surface area contributed by atoms with Crippen molar-refractivity contribution in [1.29, 1.82) is 0 Å². The van der Waals surface area contributed by atoms with Crippen LogP contribution in [0.5, 0.6) is 5.75 Å². The third-order valence-electron chi connectivity index (χ3n) is 4.99. The van der Waals surface area contributed by atoms with Crippen molar-refractivity contribution in [1.82, 2.24) is 15.5 Å². The number of hydrogen-bond acceptors (Lipinski definition) is 5. The van der Waals surface area contributed by atoms with E-state index in [0.717, 1.165) is 23.4 Å². The summed E-state index contributed by atoms with van der Waals surface area (Å²) in [4.78, 5) is 7.19. The van der Waals surface area contributed by atoms with Crippen LogP contribution >= 0.6 is 0 Å². The Kier molecular flexibility index (Phi) is 8.88. The predicted octanol–water partition coefficient (Wildman–Crippen LogP) is 2.77. The molecule has 2 rings (SSSR count). The van der Waals surface area contributed by atoms with E-state index in [1.54, 1.807) is 13.2 Å². The molecule has 0 aliphatic heterocycles. The number of aryl methyl sites for hydroxylation is 1. The van der Waals surface area contributed by atoms with E-state index in [1.165, 1.54) is 11.8 Å². The molecule has 0 fully saturated rings. The van der Waals surface area contributed by atoms with Crippen molar-refractivity contribution in [3.05, 3.63) is 59.2 Å². The second-order valence-electron chi connectivity index (χ2n) is 7.70. The molecule has 0 saturated heterocycles. The Morgan fingerprint density at radius 3 is 2.32 bits per heavy atom. The van der Waals surface area contributed by atoms with E-state index >= 15 is 0 Å². The van der Waals surface area contributed by atoms with Gasteiger partial charge in [0.25, 0.3) is 0 Å². The number of ether oxygens (including phenoxy) is 1. The fraction of sp³-hybridized carbons (Fsp3) is 0.435. The Bertz CT molecular complexity index is 986. The van der Waals surface area contributed by atoms with Crippen LogP contribution in [-0.4, -0.2) is 59.8 Å². The summed E-state index contributed by atoms with van der Waals surface area (Å²) in [5.74, 6) is 1.55. The molecule has 8 heteroatoms. The minimum absolute atomic E-state index is 0.158. The van der Waals surface area contributed by atoms with Crippen LogP contribution in [0.4, 0.5) is 0 Å². The summed E-state index contributed by atoms with van der Waals surface area (Å²) in [5.41, 5.74) is 2.88. The lowest BCUT2D eigenvalue weighted by Crippen LogP contribution is -2.41. The first-order valence-corrected chi connectivity index (χ1v) is 12.2. The molecule has 2 aromatic carbocycles. The number of rotatable bonds is 9. The molecule has 7 nitrogen and oxygen atoms in total. The monoisotopic (exact) mass is 446 g/mol. The lowest BCUT2D eigenvalue weighted by atomic mass is 10.1. The van der Waals surface area contributed by atoms with E-state index in [4.69, 9.17) is 4.74 Å². The van der Waals surface area contributed by atoms with E-state index in [1.807, 2.05) is 52.2 Å². The zero-order chi connectivity index (χ0) is 23.0. The Hall–Kier alpha value is -2.58. The normalized spacial score (nSPS) is 13.2. The van der Waals surface area contributed by atoms with Crippen molar-refractivity contribution in [3.63, 3.8) is 0 Å². The highest BCUT2D eigenvalue weighted by molar-refractivity contribution is 7.90. The minimum atomic E-state index is -3.22. The van der Waals surface area contributed by atoms with Crippen molar-refractivity contribution < 1.29 is 13.2 Å². The molecule has 1 unspecified atom stereocenters. The molecule has 2 N–H and O–H groups in total. The molecular weight excluding hydrogens is 412 g/mol. The van der Waals surface area contributed by atoms with Crippen LogP contribution in [0.1, 0.15) is 29.7 Å². The number of guanidine groups is 1. The molecule has 0 heterocycles. The van der Waals surface area contributed by atoms with E-state index in [0.29, 0.717) is 23.9 Å². The van der Waals surface area contributed by atoms with Gasteiger partial charge >= 0.3 is 0 Å². The van der Waals surface area contributed by atoms with Crippen LogP contribution in [0.2, 0.25) is 0 Å². The van der Waals surface area contributed by atoms with Crippen LogP contribution < -0.4 is 15.4 Å². The van der Waals surface area contributed by atoms with Gasteiger partial charge in [0.05, 0.1) is 24.6 Å². The maximum atomic E-state index is 11.8. The van der Waals surface area contributed by atoms with Crippen LogP contribution in [0.15, 0.2) is 52.4 Å². The van der Waals surface area contributed by atoms with E-state index in [2.05, 4.69) is 32.7 Å². The molecule has 0 amide bonds. The Morgan fingerprint density at radius 1 is 1.13 bits per heavy atom. The largest absolute Gasteiger partial charge is 0.497 e. The summed E-state index contributed by atoms with van der Waals surface area (Å²) < 4.78 is 28.9. The van der Waals surface area contributed by atoms with Gasteiger partial charge in [0.1, 0.15) is 5.75 Å². The number of methoxy groups -OCH3 is 1. The average molecular weight is 447 g/mol. The third kappa shape index (κ3) is 7.25. The molecule has 1 atom stereocenters.